The fourth-order valence-corrected chi connectivity index (χ4v) is 1.76. The molecule has 0 saturated heterocycles. The van der Waals surface area contributed by atoms with Gasteiger partial charge in [-0.3, -0.25) is 0 Å². The summed E-state index contributed by atoms with van der Waals surface area (Å²) in [7, 11) is 1.52. The molecule has 1 atom stereocenters. The standard InChI is InChI=1S/C11H15NO2S/c1-7(6-10(12)15)8-4-3-5-9(14-2)11(8)13/h3-5,7,13H,6H2,1-2H3,(H2,12,15). The van der Waals surface area contributed by atoms with E-state index in [2.05, 4.69) is 0 Å². The van der Waals surface area contributed by atoms with Crippen molar-refractivity contribution in [2.75, 3.05) is 7.11 Å². The Bertz CT molecular complexity index is 366. The Kier molecular flexibility index (Phi) is 3.91. The largest absolute Gasteiger partial charge is 0.504 e. The Morgan fingerprint density at radius 1 is 1.60 bits per heavy atom. The smallest absolute Gasteiger partial charge is 0.161 e. The lowest BCUT2D eigenvalue weighted by Crippen LogP contribution is -2.11. The molecule has 0 fully saturated rings. The van der Waals surface area contributed by atoms with Crippen LogP contribution in [0, 0.1) is 0 Å². The second kappa shape index (κ2) is 4.98. The van der Waals surface area contributed by atoms with Gasteiger partial charge in [-0.05, 0) is 12.0 Å². The number of methoxy groups -OCH3 is 1. The molecule has 15 heavy (non-hydrogen) atoms. The zero-order chi connectivity index (χ0) is 11.4. The summed E-state index contributed by atoms with van der Waals surface area (Å²) in [6.45, 7) is 1.97. The summed E-state index contributed by atoms with van der Waals surface area (Å²) in [5, 5.41) is 9.86. The predicted molar refractivity (Wildman–Crippen MR) is 64.5 cm³/mol. The summed E-state index contributed by atoms with van der Waals surface area (Å²) in [6, 6.07) is 5.40. The van der Waals surface area contributed by atoms with Gasteiger partial charge in [-0.15, -0.1) is 0 Å². The molecule has 0 saturated carbocycles. The number of thiocarbonyl (C=S) groups is 1. The summed E-state index contributed by atoms with van der Waals surface area (Å²) in [5.41, 5.74) is 6.28. The van der Waals surface area contributed by atoms with Gasteiger partial charge in [0, 0.05) is 12.0 Å². The number of phenols is 1. The van der Waals surface area contributed by atoms with Crippen LogP contribution in [0.2, 0.25) is 0 Å². The van der Waals surface area contributed by atoms with Crippen LogP contribution in [0.1, 0.15) is 24.8 Å². The van der Waals surface area contributed by atoms with E-state index in [1.54, 1.807) is 6.07 Å². The molecule has 0 bridgehead atoms. The number of nitrogens with two attached hydrogens (primary N) is 1. The minimum Gasteiger partial charge on any atom is -0.504 e. The van der Waals surface area contributed by atoms with Crippen LogP contribution >= 0.6 is 12.2 Å². The molecular weight excluding hydrogens is 210 g/mol. The molecular formula is C11H15NO2S. The summed E-state index contributed by atoms with van der Waals surface area (Å²) in [5.74, 6) is 0.739. The van der Waals surface area contributed by atoms with Gasteiger partial charge in [-0.2, -0.15) is 0 Å². The number of benzene rings is 1. The molecule has 0 amide bonds. The molecule has 1 aromatic rings. The van der Waals surface area contributed by atoms with Crippen molar-refractivity contribution in [3.63, 3.8) is 0 Å². The zero-order valence-electron chi connectivity index (χ0n) is 8.86. The molecule has 0 aliphatic rings. The number of phenolic OH excluding ortho intramolecular Hbond substituents is 1. The Hall–Kier alpha value is -1.29. The summed E-state index contributed by atoms with van der Waals surface area (Å²) < 4.78 is 5.03. The Morgan fingerprint density at radius 2 is 2.27 bits per heavy atom. The molecule has 3 nitrogen and oxygen atoms in total. The topological polar surface area (TPSA) is 55.5 Å². The van der Waals surface area contributed by atoms with Crippen molar-refractivity contribution >= 4 is 17.2 Å². The predicted octanol–water partition coefficient (Wildman–Crippen LogP) is 2.18. The molecule has 1 rings (SSSR count). The van der Waals surface area contributed by atoms with E-state index in [4.69, 9.17) is 22.7 Å². The van der Waals surface area contributed by atoms with E-state index in [0.29, 0.717) is 17.2 Å². The maximum absolute atomic E-state index is 9.86. The van der Waals surface area contributed by atoms with Gasteiger partial charge in [0.1, 0.15) is 0 Å². The normalized spacial score (nSPS) is 12.1. The van der Waals surface area contributed by atoms with Crippen LogP contribution in [-0.4, -0.2) is 17.2 Å². The van der Waals surface area contributed by atoms with Gasteiger partial charge in [0.2, 0.25) is 0 Å². The van der Waals surface area contributed by atoms with Crippen LogP contribution in [0.3, 0.4) is 0 Å². The fraction of sp³-hybridized carbons (Fsp3) is 0.364. The van der Waals surface area contributed by atoms with E-state index in [9.17, 15) is 5.11 Å². The summed E-state index contributed by atoms with van der Waals surface area (Å²) in [6.07, 6.45) is 0.579. The number of hydrogen-bond acceptors (Lipinski definition) is 3. The molecule has 3 N–H and O–H groups in total. The lowest BCUT2D eigenvalue weighted by atomic mass is 9.96. The van der Waals surface area contributed by atoms with Gasteiger partial charge < -0.3 is 15.6 Å². The van der Waals surface area contributed by atoms with E-state index >= 15 is 0 Å². The van der Waals surface area contributed by atoms with Gasteiger partial charge in [0.25, 0.3) is 0 Å². The van der Waals surface area contributed by atoms with Crippen molar-refractivity contribution in [1.82, 2.24) is 0 Å². The van der Waals surface area contributed by atoms with Crippen LogP contribution in [0.25, 0.3) is 0 Å². The van der Waals surface area contributed by atoms with Crippen molar-refractivity contribution in [2.45, 2.75) is 19.3 Å². The molecule has 0 heterocycles. The average molecular weight is 225 g/mol. The molecule has 1 aromatic carbocycles. The number of hydrogen-bond donors (Lipinski definition) is 2. The highest BCUT2D eigenvalue weighted by molar-refractivity contribution is 7.80. The second-order valence-corrected chi connectivity index (χ2v) is 3.99. The number of rotatable bonds is 4. The number of ether oxygens (including phenoxy) is 1. The Morgan fingerprint density at radius 3 is 2.80 bits per heavy atom. The van der Waals surface area contributed by atoms with E-state index in [-0.39, 0.29) is 11.7 Å². The minimum atomic E-state index is 0.0950. The highest BCUT2D eigenvalue weighted by Crippen LogP contribution is 2.35. The van der Waals surface area contributed by atoms with Crippen molar-refractivity contribution in [2.24, 2.45) is 5.73 Å². The van der Waals surface area contributed by atoms with Gasteiger partial charge in [0.15, 0.2) is 11.5 Å². The van der Waals surface area contributed by atoms with Crippen LogP contribution in [0.5, 0.6) is 11.5 Å². The quantitative estimate of drug-likeness (QED) is 0.771. The number of aromatic hydroxyl groups is 1. The van der Waals surface area contributed by atoms with Crippen LogP contribution in [-0.2, 0) is 0 Å². The minimum absolute atomic E-state index is 0.0950. The zero-order valence-corrected chi connectivity index (χ0v) is 9.67. The third kappa shape index (κ3) is 2.83. The third-order valence-electron chi connectivity index (χ3n) is 2.29. The molecule has 1 unspecified atom stereocenters. The number of para-hydroxylation sites is 1. The van der Waals surface area contributed by atoms with Gasteiger partial charge >= 0.3 is 0 Å². The molecule has 0 aliphatic heterocycles. The lowest BCUT2D eigenvalue weighted by molar-refractivity contribution is 0.369. The van der Waals surface area contributed by atoms with Crippen LogP contribution in [0.4, 0.5) is 0 Å². The molecule has 0 aliphatic carbocycles. The lowest BCUT2D eigenvalue weighted by Gasteiger charge is -2.14. The second-order valence-electron chi connectivity index (χ2n) is 3.47. The summed E-state index contributed by atoms with van der Waals surface area (Å²) >= 11 is 4.84. The SMILES string of the molecule is COc1cccc(C(C)CC(N)=S)c1O. The first kappa shape index (κ1) is 11.8. The Labute approximate surface area is 94.9 Å². The first-order valence-corrected chi connectivity index (χ1v) is 5.11. The molecule has 4 heteroatoms. The van der Waals surface area contributed by atoms with E-state index in [0.717, 1.165) is 5.56 Å². The monoisotopic (exact) mass is 225 g/mol. The first-order chi connectivity index (χ1) is 7.06. The van der Waals surface area contributed by atoms with Crippen molar-refractivity contribution < 1.29 is 9.84 Å². The average Bonchev–Trinajstić information content (AvgIpc) is 2.17. The molecule has 0 spiro atoms. The van der Waals surface area contributed by atoms with E-state index < -0.39 is 0 Å². The van der Waals surface area contributed by atoms with Crippen LogP contribution in [0.15, 0.2) is 18.2 Å². The maximum atomic E-state index is 9.86. The fourth-order valence-electron chi connectivity index (χ4n) is 1.51. The van der Waals surface area contributed by atoms with Gasteiger partial charge in [-0.25, -0.2) is 0 Å². The first-order valence-electron chi connectivity index (χ1n) is 4.70. The maximum Gasteiger partial charge on any atom is 0.161 e. The summed E-state index contributed by atoms with van der Waals surface area (Å²) in [4.78, 5) is 0.449. The highest BCUT2D eigenvalue weighted by atomic mass is 32.1. The molecule has 0 aromatic heterocycles. The Balaban J connectivity index is 2.98. The molecule has 0 radical (unpaired) electrons. The van der Waals surface area contributed by atoms with Crippen LogP contribution < -0.4 is 10.5 Å². The van der Waals surface area contributed by atoms with E-state index in [1.165, 1.54) is 7.11 Å². The highest BCUT2D eigenvalue weighted by Gasteiger charge is 2.14. The van der Waals surface area contributed by atoms with Crippen molar-refractivity contribution in [3.05, 3.63) is 23.8 Å². The molecule has 82 valence electrons. The van der Waals surface area contributed by atoms with Crippen molar-refractivity contribution in [3.8, 4) is 11.5 Å². The van der Waals surface area contributed by atoms with Gasteiger partial charge in [0.05, 0.1) is 12.1 Å². The van der Waals surface area contributed by atoms with Gasteiger partial charge in [-0.1, -0.05) is 31.3 Å². The van der Waals surface area contributed by atoms with E-state index in [1.807, 2.05) is 19.1 Å². The van der Waals surface area contributed by atoms with Crippen molar-refractivity contribution in [1.29, 1.82) is 0 Å². The third-order valence-corrected chi connectivity index (χ3v) is 2.46.